The molecule has 0 atom stereocenters. The predicted octanol–water partition coefficient (Wildman–Crippen LogP) is 4.48. The van der Waals surface area contributed by atoms with Crippen molar-refractivity contribution >= 4 is 23.4 Å². The third-order valence-electron chi connectivity index (χ3n) is 3.99. The zero-order valence-electron chi connectivity index (χ0n) is 17.3. The number of ether oxygens (including phenoxy) is 2. The summed E-state index contributed by atoms with van der Waals surface area (Å²) >= 11 is 0. The van der Waals surface area contributed by atoms with Gasteiger partial charge in [0.05, 0.1) is 24.0 Å². The van der Waals surface area contributed by atoms with Crippen LogP contribution >= 0.6 is 0 Å². The van der Waals surface area contributed by atoms with Crippen molar-refractivity contribution in [3.8, 4) is 11.4 Å². The van der Waals surface area contributed by atoms with Gasteiger partial charge in [-0.2, -0.15) is 5.10 Å². The summed E-state index contributed by atoms with van der Waals surface area (Å²) in [5, 5.41) is 9.69. The zero-order chi connectivity index (χ0) is 21.7. The topological polar surface area (TPSA) is 94.5 Å². The number of carbonyl (C=O) groups is 2. The van der Waals surface area contributed by atoms with Crippen molar-refractivity contribution in [2.45, 2.75) is 26.4 Å². The fourth-order valence-electron chi connectivity index (χ4n) is 2.77. The Bertz CT molecular complexity index is 1040. The minimum atomic E-state index is -0.640. The summed E-state index contributed by atoms with van der Waals surface area (Å²) in [6.07, 6.45) is 2.79. The minimum absolute atomic E-state index is 0.311. The molecular weight excluding hydrogens is 384 g/mol. The lowest BCUT2D eigenvalue weighted by Crippen LogP contribution is -2.27. The van der Waals surface area contributed by atoms with Gasteiger partial charge in [-0.25, -0.2) is 9.48 Å². The quantitative estimate of drug-likeness (QED) is 0.649. The molecule has 2 amide bonds. The Balaban J connectivity index is 1.82. The molecule has 0 saturated heterocycles. The molecule has 0 aliphatic carbocycles. The standard InChI is InChI=1S/C22H24N4O4/c1-22(2,3)30-21(28)25-17-14-15(10-11-19(17)29-4)24-20(27)16-8-5-6-9-18(16)26-13-7-12-23-26/h5-14H,1-4H3,(H,24,27)(H,25,28). The molecule has 0 unspecified atom stereocenters. The van der Waals surface area contributed by atoms with Crippen LogP contribution in [0.2, 0.25) is 0 Å². The number of anilines is 2. The average Bonchev–Trinajstić information content (AvgIpc) is 3.21. The van der Waals surface area contributed by atoms with Crippen molar-refractivity contribution in [2.75, 3.05) is 17.7 Å². The Labute approximate surface area is 174 Å². The van der Waals surface area contributed by atoms with Gasteiger partial charge in [0.25, 0.3) is 5.91 Å². The number of methoxy groups -OCH3 is 1. The summed E-state index contributed by atoms with van der Waals surface area (Å²) in [6, 6.07) is 13.9. The van der Waals surface area contributed by atoms with E-state index in [1.165, 1.54) is 7.11 Å². The summed E-state index contributed by atoms with van der Waals surface area (Å²) in [5.41, 5.74) is 1.34. The molecule has 0 spiro atoms. The van der Waals surface area contributed by atoms with Gasteiger partial charge in [-0.1, -0.05) is 12.1 Å². The number of benzene rings is 2. The fourth-order valence-corrected chi connectivity index (χ4v) is 2.77. The van der Waals surface area contributed by atoms with Crippen LogP contribution in [0.3, 0.4) is 0 Å². The molecule has 0 aliphatic rings. The molecule has 0 bridgehead atoms. The molecule has 1 heterocycles. The molecule has 3 rings (SSSR count). The molecule has 0 radical (unpaired) electrons. The molecule has 2 aromatic carbocycles. The van der Waals surface area contributed by atoms with E-state index in [2.05, 4.69) is 15.7 Å². The first-order chi connectivity index (χ1) is 14.3. The number of para-hydroxylation sites is 1. The third-order valence-corrected chi connectivity index (χ3v) is 3.99. The van der Waals surface area contributed by atoms with Crippen LogP contribution in [0.25, 0.3) is 5.69 Å². The van der Waals surface area contributed by atoms with Crippen molar-refractivity contribution in [2.24, 2.45) is 0 Å². The summed E-state index contributed by atoms with van der Waals surface area (Å²) in [4.78, 5) is 25.1. The highest BCUT2D eigenvalue weighted by molar-refractivity contribution is 6.07. The van der Waals surface area contributed by atoms with Gasteiger partial charge in [-0.15, -0.1) is 0 Å². The number of nitrogens with one attached hydrogen (secondary N) is 2. The van der Waals surface area contributed by atoms with Crippen LogP contribution in [0.5, 0.6) is 5.75 Å². The maximum Gasteiger partial charge on any atom is 0.412 e. The van der Waals surface area contributed by atoms with Crippen molar-refractivity contribution in [3.63, 3.8) is 0 Å². The van der Waals surface area contributed by atoms with Crippen LogP contribution in [0.1, 0.15) is 31.1 Å². The van der Waals surface area contributed by atoms with E-state index in [1.54, 1.807) is 74.2 Å². The second kappa shape index (κ2) is 8.69. The van der Waals surface area contributed by atoms with E-state index in [1.807, 2.05) is 12.1 Å². The first kappa shape index (κ1) is 20.9. The highest BCUT2D eigenvalue weighted by Crippen LogP contribution is 2.29. The smallest absolute Gasteiger partial charge is 0.412 e. The molecule has 156 valence electrons. The molecule has 8 nitrogen and oxygen atoms in total. The number of aromatic nitrogens is 2. The molecule has 2 N–H and O–H groups in total. The second-order valence-electron chi connectivity index (χ2n) is 7.46. The Morgan fingerprint density at radius 2 is 1.80 bits per heavy atom. The summed E-state index contributed by atoms with van der Waals surface area (Å²) in [5.74, 6) is 0.130. The van der Waals surface area contributed by atoms with Gasteiger partial charge >= 0.3 is 6.09 Å². The van der Waals surface area contributed by atoms with E-state index in [0.717, 1.165) is 0 Å². The number of amides is 2. The monoisotopic (exact) mass is 408 g/mol. The third kappa shape index (κ3) is 5.16. The highest BCUT2D eigenvalue weighted by atomic mass is 16.6. The Kier molecular flexibility index (Phi) is 6.06. The fraction of sp³-hybridized carbons (Fsp3) is 0.227. The minimum Gasteiger partial charge on any atom is -0.495 e. The van der Waals surface area contributed by atoms with E-state index in [4.69, 9.17) is 9.47 Å². The molecule has 3 aromatic rings. The van der Waals surface area contributed by atoms with Gasteiger partial charge < -0.3 is 14.8 Å². The number of hydrogen-bond acceptors (Lipinski definition) is 5. The lowest BCUT2D eigenvalue weighted by atomic mass is 10.1. The van der Waals surface area contributed by atoms with Gasteiger partial charge in [-0.3, -0.25) is 10.1 Å². The Hall–Kier alpha value is -3.81. The molecule has 30 heavy (non-hydrogen) atoms. The van der Waals surface area contributed by atoms with Crippen LogP contribution in [0, 0.1) is 0 Å². The summed E-state index contributed by atoms with van der Waals surface area (Å²) in [6.45, 7) is 5.33. The highest BCUT2D eigenvalue weighted by Gasteiger charge is 2.18. The number of rotatable bonds is 5. The number of hydrogen-bond donors (Lipinski definition) is 2. The molecule has 0 fully saturated rings. The lowest BCUT2D eigenvalue weighted by Gasteiger charge is -2.20. The number of carbonyl (C=O) groups excluding carboxylic acids is 2. The molecule has 8 heteroatoms. The van der Waals surface area contributed by atoms with Gasteiger partial charge in [0.2, 0.25) is 0 Å². The molecule has 0 aliphatic heterocycles. The van der Waals surface area contributed by atoms with E-state index in [0.29, 0.717) is 28.4 Å². The van der Waals surface area contributed by atoms with Crippen molar-refractivity contribution < 1.29 is 19.1 Å². The first-order valence-corrected chi connectivity index (χ1v) is 9.35. The second-order valence-corrected chi connectivity index (χ2v) is 7.46. The molecule has 1 aromatic heterocycles. The Morgan fingerprint density at radius 3 is 2.47 bits per heavy atom. The zero-order valence-corrected chi connectivity index (χ0v) is 17.3. The largest absolute Gasteiger partial charge is 0.495 e. The molecule has 0 saturated carbocycles. The van der Waals surface area contributed by atoms with E-state index < -0.39 is 11.7 Å². The van der Waals surface area contributed by atoms with Gasteiger partial charge in [-0.05, 0) is 57.2 Å². The van der Waals surface area contributed by atoms with Crippen LogP contribution in [0.15, 0.2) is 60.9 Å². The van der Waals surface area contributed by atoms with Gasteiger partial charge in [0.15, 0.2) is 0 Å². The van der Waals surface area contributed by atoms with E-state index >= 15 is 0 Å². The lowest BCUT2D eigenvalue weighted by molar-refractivity contribution is 0.0635. The average molecular weight is 408 g/mol. The summed E-state index contributed by atoms with van der Waals surface area (Å²) in [7, 11) is 1.49. The maximum absolute atomic E-state index is 12.9. The van der Waals surface area contributed by atoms with Gasteiger partial charge in [0.1, 0.15) is 11.4 Å². The molecular formula is C22H24N4O4. The Morgan fingerprint density at radius 1 is 1.03 bits per heavy atom. The van der Waals surface area contributed by atoms with E-state index in [9.17, 15) is 9.59 Å². The van der Waals surface area contributed by atoms with Gasteiger partial charge in [0, 0.05) is 18.1 Å². The normalized spacial score (nSPS) is 10.9. The SMILES string of the molecule is COc1ccc(NC(=O)c2ccccc2-n2cccn2)cc1NC(=O)OC(C)(C)C. The first-order valence-electron chi connectivity index (χ1n) is 9.35. The van der Waals surface area contributed by atoms with Crippen molar-refractivity contribution in [1.82, 2.24) is 9.78 Å². The van der Waals surface area contributed by atoms with E-state index in [-0.39, 0.29) is 5.91 Å². The van der Waals surface area contributed by atoms with Crippen molar-refractivity contribution in [3.05, 3.63) is 66.5 Å². The predicted molar refractivity (Wildman–Crippen MR) is 114 cm³/mol. The summed E-state index contributed by atoms with van der Waals surface area (Å²) < 4.78 is 12.2. The van der Waals surface area contributed by atoms with Crippen LogP contribution < -0.4 is 15.4 Å². The van der Waals surface area contributed by atoms with Crippen LogP contribution in [-0.2, 0) is 4.74 Å². The van der Waals surface area contributed by atoms with Crippen molar-refractivity contribution in [1.29, 1.82) is 0 Å². The maximum atomic E-state index is 12.9. The van der Waals surface area contributed by atoms with Crippen LogP contribution in [-0.4, -0.2) is 34.5 Å². The number of nitrogens with zero attached hydrogens (tertiary/aromatic N) is 2. The van der Waals surface area contributed by atoms with Crippen LogP contribution in [0.4, 0.5) is 16.2 Å².